The third-order valence-corrected chi connectivity index (χ3v) is 4.03. The zero-order valence-electron chi connectivity index (χ0n) is 12.8. The smallest absolute Gasteiger partial charge is 0.279 e. The third kappa shape index (κ3) is 6.32. The summed E-state index contributed by atoms with van der Waals surface area (Å²) in [4.78, 5) is 12.0. The number of carbonyl (C=O) groups excluding carboxylic acids is 1. The summed E-state index contributed by atoms with van der Waals surface area (Å²) in [6.07, 6.45) is 1.63. The highest BCUT2D eigenvalue weighted by atomic mass is 79.9. The molecule has 1 aliphatic rings. The van der Waals surface area contributed by atoms with Gasteiger partial charge < -0.3 is 14.8 Å². The van der Waals surface area contributed by atoms with E-state index in [1.807, 2.05) is 12.1 Å². The lowest BCUT2D eigenvalue weighted by molar-refractivity contribution is -0.127. The molecule has 0 radical (unpaired) electrons. The summed E-state index contributed by atoms with van der Waals surface area (Å²) in [7, 11) is 0. The van der Waals surface area contributed by atoms with Gasteiger partial charge in [-0.15, -0.1) is 0 Å². The first-order valence-electron chi connectivity index (χ1n) is 7.42. The molecule has 1 saturated heterocycles. The minimum absolute atomic E-state index is 0.184. The largest absolute Gasteiger partial charge is 0.481 e. The van der Waals surface area contributed by atoms with E-state index in [0.717, 1.165) is 23.9 Å². The molecule has 0 aliphatic carbocycles. The topological polar surface area (TPSA) is 71.6 Å². The van der Waals surface area contributed by atoms with Gasteiger partial charge in [0.1, 0.15) is 5.75 Å². The van der Waals surface area contributed by atoms with Gasteiger partial charge in [-0.3, -0.25) is 15.6 Å². The molecule has 6 nitrogen and oxygen atoms in total. The fraction of sp³-hybridized carbons (Fsp3) is 0.467. The number of hydrogen-bond donors (Lipinski definition) is 3. The number of rotatable bonds is 5. The zero-order valence-corrected chi connectivity index (χ0v) is 15.2. The van der Waals surface area contributed by atoms with Crippen molar-refractivity contribution in [2.45, 2.75) is 32.0 Å². The molecule has 3 N–H and O–H groups in total. The molecular formula is C15H20BrN3O3S. The number of halogens is 1. The van der Waals surface area contributed by atoms with Crippen molar-refractivity contribution in [2.75, 3.05) is 13.2 Å². The Hall–Kier alpha value is -1.38. The van der Waals surface area contributed by atoms with Crippen LogP contribution in [0.2, 0.25) is 0 Å². The van der Waals surface area contributed by atoms with Crippen molar-refractivity contribution >= 4 is 39.2 Å². The SMILES string of the molecule is C[C@@H](Oc1cccc(Br)c1)C(=O)NNC(=S)NC[C@H]1CCCO1. The molecule has 1 amide bonds. The molecule has 1 heterocycles. The van der Waals surface area contributed by atoms with E-state index in [9.17, 15) is 4.79 Å². The van der Waals surface area contributed by atoms with Gasteiger partial charge >= 0.3 is 0 Å². The Labute approximate surface area is 149 Å². The number of amides is 1. The quantitative estimate of drug-likeness (QED) is 0.516. The van der Waals surface area contributed by atoms with Crippen LogP contribution < -0.4 is 20.9 Å². The van der Waals surface area contributed by atoms with Gasteiger partial charge in [0.15, 0.2) is 11.2 Å². The maximum absolute atomic E-state index is 12.0. The molecular weight excluding hydrogens is 382 g/mol. The van der Waals surface area contributed by atoms with E-state index in [4.69, 9.17) is 21.7 Å². The lowest BCUT2D eigenvalue weighted by Gasteiger charge is -2.17. The van der Waals surface area contributed by atoms with Crippen LogP contribution in [0.15, 0.2) is 28.7 Å². The molecule has 2 atom stereocenters. The molecule has 0 aromatic heterocycles. The van der Waals surface area contributed by atoms with Crippen molar-refractivity contribution in [1.82, 2.24) is 16.2 Å². The van der Waals surface area contributed by atoms with Gasteiger partial charge in [-0.25, -0.2) is 0 Å². The zero-order chi connectivity index (χ0) is 16.7. The van der Waals surface area contributed by atoms with Gasteiger partial charge in [0.2, 0.25) is 0 Å². The molecule has 1 aromatic carbocycles. The lowest BCUT2D eigenvalue weighted by atomic mass is 10.2. The Kier molecular flexibility index (Phi) is 7.07. The number of carbonyl (C=O) groups is 1. The minimum atomic E-state index is -0.655. The third-order valence-electron chi connectivity index (χ3n) is 3.29. The summed E-state index contributed by atoms with van der Waals surface area (Å²) in [6, 6.07) is 7.31. The van der Waals surface area contributed by atoms with Crippen LogP contribution in [0.1, 0.15) is 19.8 Å². The van der Waals surface area contributed by atoms with Crippen LogP contribution in [0.5, 0.6) is 5.75 Å². The predicted octanol–water partition coefficient (Wildman–Crippen LogP) is 1.89. The minimum Gasteiger partial charge on any atom is -0.481 e. The summed E-state index contributed by atoms with van der Waals surface area (Å²) >= 11 is 8.46. The molecule has 0 bridgehead atoms. The van der Waals surface area contributed by atoms with Gasteiger partial charge in [-0.05, 0) is 50.2 Å². The van der Waals surface area contributed by atoms with Crippen LogP contribution in [-0.2, 0) is 9.53 Å². The van der Waals surface area contributed by atoms with Crippen LogP contribution in [0, 0.1) is 0 Å². The highest BCUT2D eigenvalue weighted by Crippen LogP contribution is 2.18. The number of ether oxygens (including phenoxy) is 2. The number of thiocarbonyl (C=S) groups is 1. The predicted molar refractivity (Wildman–Crippen MR) is 95.1 cm³/mol. The average molecular weight is 402 g/mol. The van der Waals surface area contributed by atoms with E-state index >= 15 is 0 Å². The van der Waals surface area contributed by atoms with Crippen LogP contribution in [0.25, 0.3) is 0 Å². The van der Waals surface area contributed by atoms with Gasteiger partial charge in [-0.2, -0.15) is 0 Å². The van der Waals surface area contributed by atoms with Crippen molar-refractivity contribution in [2.24, 2.45) is 0 Å². The molecule has 0 spiro atoms. The van der Waals surface area contributed by atoms with E-state index in [2.05, 4.69) is 32.1 Å². The first kappa shape index (κ1) is 18.0. The number of hydrogen-bond acceptors (Lipinski definition) is 4. The van der Waals surface area contributed by atoms with Crippen molar-refractivity contribution < 1.29 is 14.3 Å². The van der Waals surface area contributed by atoms with E-state index in [0.29, 0.717) is 17.4 Å². The Morgan fingerprint density at radius 2 is 2.35 bits per heavy atom. The lowest BCUT2D eigenvalue weighted by Crippen LogP contribution is -2.51. The van der Waals surface area contributed by atoms with Gasteiger partial charge in [0.25, 0.3) is 5.91 Å². The molecule has 1 aliphatic heterocycles. The Morgan fingerprint density at radius 3 is 3.04 bits per heavy atom. The highest BCUT2D eigenvalue weighted by molar-refractivity contribution is 9.10. The second-order valence-corrected chi connectivity index (χ2v) is 6.50. The summed E-state index contributed by atoms with van der Waals surface area (Å²) in [5, 5.41) is 3.36. The fourth-order valence-corrected chi connectivity index (χ4v) is 2.59. The molecule has 0 saturated carbocycles. The second-order valence-electron chi connectivity index (χ2n) is 5.18. The molecule has 23 heavy (non-hydrogen) atoms. The van der Waals surface area contributed by atoms with E-state index in [1.54, 1.807) is 19.1 Å². The highest BCUT2D eigenvalue weighted by Gasteiger charge is 2.17. The molecule has 8 heteroatoms. The Balaban J connectivity index is 1.67. The Bertz CT molecular complexity index is 553. The van der Waals surface area contributed by atoms with Crippen molar-refractivity contribution in [3.8, 4) is 5.75 Å². The average Bonchev–Trinajstić information content (AvgIpc) is 3.04. The monoisotopic (exact) mass is 401 g/mol. The standard InChI is InChI=1S/C15H20BrN3O3S/c1-10(22-12-5-2-4-11(16)8-12)14(20)18-19-15(23)17-9-13-6-3-7-21-13/h2,4-5,8,10,13H,3,6-7,9H2,1H3,(H,18,20)(H2,17,19,23)/t10-,13-/m1/s1. The van der Waals surface area contributed by atoms with Crippen molar-refractivity contribution in [3.63, 3.8) is 0 Å². The normalized spacial score (nSPS) is 18.1. The number of benzene rings is 1. The van der Waals surface area contributed by atoms with Gasteiger partial charge in [0.05, 0.1) is 6.10 Å². The molecule has 1 aromatic rings. The first-order chi connectivity index (χ1) is 11.0. The maximum atomic E-state index is 12.0. The summed E-state index contributed by atoms with van der Waals surface area (Å²) in [6.45, 7) is 3.10. The van der Waals surface area contributed by atoms with Gasteiger partial charge in [0, 0.05) is 17.6 Å². The van der Waals surface area contributed by atoms with Crippen molar-refractivity contribution in [1.29, 1.82) is 0 Å². The number of hydrazine groups is 1. The van der Waals surface area contributed by atoms with E-state index in [1.165, 1.54) is 0 Å². The fourth-order valence-electron chi connectivity index (χ4n) is 2.07. The number of nitrogens with one attached hydrogen (secondary N) is 3. The summed E-state index contributed by atoms with van der Waals surface area (Å²) in [5.41, 5.74) is 5.18. The van der Waals surface area contributed by atoms with Crippen LogP contribution >= 0.6 is 28.1 Å². The first-order valence-corrected chi connectivity index (χ1v) is 8.62. The van der Waals surface area contributed by atoms with E-state index < -0.39 is 6.10 Å². The summed E-state index contributed by atoms with van der Waals surface area (Å²) < 4.78 is 11.9. The molecule has 0 unspecified atom stereocenters. The van der Waals surface area contributed by atoms with Gasteiger partial charge in [-0.1, -0.05) is 22.0 Å². The molecule has 126 valence electrons. The van der Waals surface area contributed by atoms with Crippen LogP contribution in [0.3, 0.4) is 0 Å². The second kappa shape index (κ2) is 9.05. The van der Waals surface area contributed by atoms with Crippen molar-refractivity contribution in [3.05, 3.63) is 28.7 Å². The summed E-state index contributed by atoms with van der Waals surface area (Å²) in [5.74, 6) is 0.298. The molecule has 1 fully saturated rings. The van der Waals surface area contributed by atoms with Crippen LogP contribution in [-0.4, -0.2) is 36.4 Å². The Morgan fingerprint density at radius 1 is 1.52 bits per heavy atom. The maximum Gasteiger partial charge on any atom is 0.279 e. The molecule has 2 rings (SSSR count). The van der Waals surface area contributed by atoms with E-state index in [-0.39, 0.29) is 12.0 Å². The van der Waals surface area contributed by atoms with Crippen LogP contribution in [0.4, 0.5) is 0 Å².